The summed E-state index contributed by atoms with van der Waals surface area (Å²) in [6.45, 7) is 0.757. The number of hydrogen-bond donors (Lipinski definition) is 1. The van der Waals surface area contributed by atoms with Gasteiger partial charge in [-0.2, -0.15) is 0 Å². The van der Waals surface area contributed by atoms with E-state index in [1.807, 2.05) is 18.2 Å². The summed E-state index contributed by atoms with van der Waals surface area (Å²) in [5.41, 5.74) is 1.30. The molecule has 0 saturated carbocycles. The van der Waals surface area contributed by atoms with Gasteiger partial charge in [-0.3, -0.25) is 4.79 Å². The number of rotatable bonds is 1. The van der Waals surface area contributed by atoms with Crippen LogP contribution in [0.1, 0.15) is 10.8 Å². The van der Waals surface area contributed by atoms with Gasteiger partial charge in [0.05, 0.1) is 5.75 Å². The maximum Gasteiger partial charge on any atom is 0.230 e. The molecule has 1 fully saturated rings. The molecule has 0 radical (unpaired) electrons. The summed E-state index contributed by atoms with van der Waals surface area (Å²) in [5.74, 6) is 0.733. The Morgan fingerprint density at radius 1 is 1.31 bits per heavy atom. The van der Waals surface area contributed by atoms with Crippen LogP contribution >= 0.6 is 11.8 Å². The Balaban J connectivity index is 2.07. The van der Waals surface area contributed by atoms with Gasteiger partial charge in [0.25, 0.3) is 0 Å². The van der Waals surface area contributed by atoms with Crippen molar-refractivity contribution in [3.8, 4) is 0 Å². The second kappa shape index (κ2) is 3.83. The fourth-order valence-corrected chi connectivity index (χ4v) is 2.38. The summed E-state index contributed by atoms with van der Waals surface area (Å²) < 4.78 is 0. The normalized spacial score (nSPS) is 22.5. The van der Waals surface area contributed by atoms with Gasteiger partial charge < -0.3 is 5.32 Å². The van der Waals surface area contributed by atoms with Crippen LogP contribution in [0.4, 0.5) is 0 Å². The summed E-state index contributed by atoms with van der Waals surface area (Å²) in [6, 6.07) is 10.3. The van der Waals surface area contributed by atoms with E-state index in [4.69, 9.17) is 0 Å². The maximum absolute atomic E-state index is 10.9. The van der Waals surface area contributed by atoms with E-state index in [2.05, 4.69) is 17.4 Å². The zero-order chi connectivity index (χ0) is 9.10. The van der Waals surface area contributed by atoms with E-state index in [0.717, 1.165) is 6.54 Å². The molecule has 0 aromatic heterocycles. The Kier molecular flexibility index (Phi) is 2.54. The zero-order valence-corrected chi connectivity index (χ0v) is 8.01. The van der Waals surface area contributed by atoms with Crippen molar-refractivity contribution < 1.29 is 4.79 Å². The molecule has 2 nitrogen and oxygen atoms in total. The molecular weight excluding hydrogens is 182 g/mol. The lowest BCUT2D eigenvalue weighted by Crippen LogP contribution is -2.33. The second-order valence-corrected chi connectivity index (χ2v) is 4.21. The van der Waals surface area contributed by atoms with E-state index < -0.39 is 0 Å². The Bertz CT molecular complexity index is 289. The lowest BCUT2D eigenvalue weighted by atomic mass is 10.1. The second-order valence-electron chi connectivity index (χ2n) is 3.01. The molecule has 1 aliphatic rings. The van der Waals surface area contributed by atoms with Crippen LogP contribution in [0.15, 0.2) is 30.3 Å². The predicted molar refractivity (Wildman–Crippen MR) is 54.7 cm³/mol. The van der Waals surface area contributed by atoms with E-state index in [1.165, 1.54) is 5.56 Å². The van der Waals surface area contributed by atoms with Gasteiger partial charge >= 0.3 is 0 Å². The van der Waals surface area contributed by atoms with Crippen LogP contribution in [0.25, 0.3) is 0 Å². The van der Waals surface area contributed by atoms with Crippen molar-refractivity contribution in [1.29, 1.82) is 0 Å². The molecule has 1 aliphatic heterocycles. The summed E-state index contributed by atoms with van der Waals surface area (Å²) >= 11 is 1.71. The van der Waals surface area contributed by atoms with Crippen LogP contribution in [0.2, 0.25) is 0 Å². The SMILES string of the molecule is O=C1CS[C@H](c2ccccc2)CN1. The topological polar surface area (TPSA) is 29.1 Å². The smallest absolute Gasteiger partial charge is 0.230 e. The van der Waals surface area contributed by atoms with Crippen LogP contribution in [0.5, 0.6) is 0 Å². The highest BCUT2D eigenvalue weighted by Gasteiger charge is 2.19. The van der Waals surface area contributed by atoms with Crippen molar-refractivity contribution in [3.05, 3.63) is 35.9 Å². The molecule has 1 amide bonds. The average molecular weight is 193 g/mol. The largest absolute Gasteiger partial charge is 0.354 e. The summed E-state index contributed by atoms with van der Waals surface area (Å²) in [5, 5.41) is 3.30. The van der Waals surface area contributed by atoms with Crippen molar-refractivity contribution in [2.24, 2.45) is 0 Å². The van der Waals surface area contributed by atoms with Gasteiger partial charge in [0.1, 0.15) is 0 Å². The highest BCUT2D eigenvalue weighted by molar-refractivity contribution is 8.00. The third-order valence-electron chi connectivity index (χ3n) is 2.07. The molecule has 13 heavy (non-hydrogen) atoms. The fraction of sp³-hybridized carbons (Fsp3) is 0.300. The molecule has 0 aliphatic carbocycles. The minimum absolute atomic E-state index is 0.150. The summed E-state index contributed by atoms with van der Waals surface area (Å²) in [4.78, 5) is 10.9. The van der Waals surface area contributed by atoms with Crippen LogP contribution in [-0.2, 0) is 4.79 Å². The number of carbonyl (C=O) groups excluding carboxylic acids is 1. The van der Waals surface area contributed by atoms with Gasteiger partial charge in [-0.15, -0.1) is 11.8 Å². The summed E-state index contributed by atoms with van der Waals surface area (Å²) in [7, 11) is 0. The maximum atomic E-state index is 10.9. The minimum Gasteiger partial charge on any atom is -0.354 e. The molecule has 0 unspecified atom stereocenters. The monoisotopic (exact) mass is 193 g/mol. The Labute approximate surface area is 81.7 Å². The number of hydrogen-bond acceptors (Lipinski definition) is 2. The third kappa shape index (κ3) is 2.04. The van der Waals surface area contributed by atoms with E-state index in [-0.39, 0.29) is 5.91 Å². The Hall–Kier alpha value is -0.960. The van der Waals surface area contributed by atoms with Crippen molar-refractivity contribution in [2.75, 3.05) is 12.3 Å². The third-order valence-corrected chi connectivity index (χ3v) is 3.34. The number of amides is 1. The van der Waals surface area contributed by atoms with Crippen LogP contribution in [0.3, 0.4) is 0 Å². The van der Waals surface area contributed by atoms with Crippen LogP contribution in [-0.4, -0.2) is 18.2 Å². The molecule has 0 spiro atoms. The molecule has 1 saturated heterocycles. The lowest BCUT2D eigenvalue weighted by Gasteiger charge is -2.22. The van der Waals surface area contributed by atoms with Gasteiger partial charge in [0.2, 0.25) is 5.91 Å². The molecular formula is C10H11NOS. The van der Waals surface area contributed by atoms with Crippen LogP contribution in [0, 0.1) is 0 Å². The molecule has 1 heterocycles. The molecule has 2 rings (SSSR count). The minimum atomic E-state index is 0.150. The standard InChI is InChI=1S/C10H11NOS/c12-10-7-13-9(6-11-10)8-4-2-1-3-5-8/h1-5,9H,6-7H2,(H,11,12)/t9-/m0/s1. The number of thioether (sulfide) groups is 1. The number of benzene rings is 1. The number of nitrogens with one attached hydrogen (secondary N) is 1. The lowest BCUT2D eigenvalue weighted by molar-refractivity contribution is -0.118. The molecule has 68 valence electrons. The first kappa shape index (κ1) is 8.63. The van der Waals surface area contributed by atoms with E-state index in [9.17, 15) is 4.79 Å². The first-order chi connectivity index (χ1) is 6.36. The summed E-state index contributed by atoms with van der Waals surface area (Å²) in [6.07, 6.45) is 0. The quantitative estimate of drug-likeness (QED) is 0.734. The van der Waals surface area contributed by atoms with Gasteiger partial charge in [-0.1, -0.05) is 30.3 Å². The Morgan fingerprint density at radius 2 is 2.08 bits per heavy atom. The Morgan fingerprint density at radius 3 is 2.69 bits per heavy atom. The first-order valence-electron chi connectivity index (χ1n) is 4.29. The van der Waals surface area contributed by atoms with Gasteiger partial charge in [0, 0.05) is 11.8 Å². The average Bonchev–Trinajstić information content (AvgIpc) is 2.20. The molecule has 0 bridgehead atoms. The highest BCUT2D eigenvalue weighted by Crippen LogP contribution is 2.29. The zero-order valence-electron chi connectivity index (χ0n) is 7.19. The van der Waals surface area contributed by atoms with E-state index in [0.29, 0.717) is 11.0 Å². The first-order valence-corrected chi connectivity index (χ1v) is 5.34. The van der Waals surface area contributed by atoms with Crippen molar-refractivity contribution in [2.45, 2.75) is 5.25 Å². The highest BCUT2D eigenvalue weighted by atomic mass is 32.2. The molecule has 1 aromatic rings. The predicted octanol–water partition coefficient (Wildman–Crippen LogP) is 1.59. The molecule has 1 aromatic carbocycles. The van der Waals surface area contributed by atoms with Crippen molar-refractivity contribution in [3.63, 3.8) is 0 Å². The molecule has 3 heteroatoms. The molecule has 1 atom stereocenters. The number of carbonyl (C=O) groups is 1. The van der Waals surface area contributed by atoms with Crippen molar-refractivity contribution in [1.82, 2.24) is 5.32 Å². The van der Waals surface area contributed by atoms with E-state index in [1.54, 1.807) is 11.8 Å². The van der Waals surface area contributed by atoms with Gasteiger partial charge in [-0.05, 0) is 5.56 Å². The van der Waals surface area contributed by atoms with Crippen LogP contribution < -0.4 is 5.32 Å². The van der Waals surface area contributed by atoms with Crippen molar-refractivity contribution >= 4 is 17.7 Å². The molecule has 1 N–H and O–H groups in total. The van der Waals surface area contributed by atoms with Gasteiger partial charge in [-0.25, -0.2) is 0 Å². The van der Waals surface area contributed by atoms with E-state index >= 15 is 0 Å². The van der Waals surface area contributed by atoms with Gasteiger partial charge in [0.15, 0.2) is 0 Å². The fourth-order valence-electron chi connectivity index (χ4n) is 1.37.